The fraction of sp³-hybridized carbons (Fsp3) is 0.236. The second kappa shape index (κ2) is 22.3. The van der Waals surface area contributed by atoms with Crippen molar-refractivity contribution in [1.29, 1.82) is 0 Å². The fourth-order valence-electron chi connectivity index (χ4n) is 6.81. The van der Waals surface area contributed by atoms with E-state index in [9.17, 15) is 19.2 Å². The minimum atomic E-state index is -0.939. The molecular formula is C55H56N2O9. The van der Waals surface area contributed by atoms with Crippen LogP contribution in [0.1, 0.15) is 49.9 Å². The summed E-state index contributed by atoms with van der Waals surface area (Å²) < 4.78 is 27.1. The summed E-state index contributed by atoms with van der Waals surface area (Å²) in [6.07, 6.45) is 0.0967. The van der Waals surface area contributed by atoms with Crippen molar-refractivity contribution in [2.75, 3.05) is 36.2 Å². The van der Waals surface area contributed by atoms with E-state index in [2.05, 4.69) is 64.9 Å². The molecule has 0 amide bonds. The van der Waals surface area contributed by atoms with Crippen molar-refractivity contribution >= 4 is 58.0 Å². The molecule has 11 nitrogen and oxygen atoms in total. The van der Waals surface area contributed by atoms with Gasteiger partial charge in [0.1, 0.15) is 24.7 Å². The summed E-state index contributed by atoms with van der Waals surface area (Å²) in [6.45, 7) is 14.7. The summed E-state index contributed by atoms with van der Waals surface area (Å²) >= 11 is 0. The molecule has 11 heteroatoms. The summed E-state index contributed by atoms with van der Waals surface area (Å²) in [7, 11) is 0. The minimum absolute atomic E-state index is 0.0338. The Morgan fingerprint density at radius 2 is 0.833 bits per heavy atom. The quantitative estimate of drug-likeness (QED) is 0.0414. The van der Waals surface area contributed by atoms with Crippen LogP contribution in [0.4, 0.5) is 34.1 Å². The molecule has 66 heavy (non-hydrogen) atoms. The minimum Gasteiger partial charge on any atom is -0.465 e. The number of hydrogen-bond donors (Lipinski definition) is 0. The normalized spacial score (nSPS) is 10.9. The van der Waals surface area contributed by atoms with E-state index < -0.39 is 29.3 Å². The van der Waals surface area contributed by atoms with E-state index in [0.29, 0.717) is 11.5 Å². The van der Waals surface area contributed by atoms with Gasteiger partial charge in [-0.3, -0.25) is 14.4 Å². The van der Waals surface area contributed by atoms with Gasteiger partial charge in [-0.2, -0.15) is 0 Å². The van der Waals surface area contributed by atoms with Crippen molar-refractivity contribution in [2.45, 2.75) is 54.4 Å². The summed E-state index contributed by atoms with van der Waals surface area (Å²) in [5.74, 6) is -0.581. The van der Waals surface area contributed by atoms with Crippen LogP contribution < -0.4 is 14.5 Å². The second-order valence-corrected chi connectivity index (χ2v) is 16.4. The first-order valence-corrected chi connectivity index (χ1v) is 21.9. The third-order valence-corrected chi connectivity index (χ3v) is 10.5. The molecular weight excluding hydrogens is 833 g/mol. The van der Waals surface area contributed by atoms with Crippen LogP contribution in [0.15, 0.2) is 158 Å². The Balaban J connectivity index is 1.14. The number of hydrogen-bond acceptors (Lipinski definition) is 11. The molecule has 0 fully saturated rings. The number of ether oxygens (including phenoxy) is 5. The molecule has 6 aromatic carbocycles. The van der Waals surface area contributed by atoms with Crippen molar-refractivity contribution < 1.29 is 42.9 Å². The molecule has 0 saturated carbocycles. The van der Waals surface area contributed by atoms with Gasteiger partial charge in [0.15, 0.2) is 0 Å². The summed E-state index contributed by atoms with van der Waals surface area (Å²) in [6, 6.07) is 47.6. The highest BCUT2D eigenvalue weighted by molar-refractivity contribution is 5.88. The fourth-order valence-corrected chi connectivity index (χ4v) is 6.81. The molecule has 0 heterocycles. The highest BCUT2D eigenvalue weighted by Crippen LogP contribution is 2.38. The molecule has 0 unspecified atom stereocenters. The monoisotopic (exact) mass is 888 g/mol. The summed E-state index contributed by atoms with van der Waals surface area (Å²) in [5, 5.41) is 0. The molecule has 0 atom stereocenters. The van der Waals surface area contributed by atoms with Crippen LogP contribution in [0.3, 0.4) is 0 Å². The molecule has 340 valence electrons. The van der Waals surface area contributed by atoms with Crippen molar-refractivity contribution in [1.82, 2.24) is 0 Å². The van der Waals surface area contributed by atoms with Gasteiger partial charge >= 0.3 is 23.9 Å². The van der Waals surface area contributed by atoms with Crippen molar-refractivity contribution in [3.05, 3.63) is 180 Å². The second-order valence-electron chi connectivity index (χ2n) is 16.4. The van der Waals surface area contributed by atoms with Crippen molar-refractivity contribution in [3.8, 4) is 11.5 Å². The van der Waals surface area contributed by atoms with Crippen LogP contribution in [-0.2, 0) is 51.0 Å². The van der Waals surface area contributed by atoms with Crippen LogP contribution >= 0.6 is 0 Å². The Kier molecular flexibility index (Phi) is 16.2. The highest BCUT2D eigenvalue weighted by Gasteiger charge is 2.31. The lowest BCUT2D eigenvalue weighted by Crippen LogP contribution is -2.32. The summed E-state index contributed by atoms with van der Waals surface area (Å²) in [4.78, 5) is 53.6. The van der Waals surface area contributed by atoms with Crippen LogP contribution in [0.25, 0.3) is 0 Å². The largest absolute Gasteiger partial charge is 0.465 e. The number of carbonyl (C=O) groups is 4. The predicted molar refractivity (Wildman–Crippen MR) is 257 cm³/mol. The Bertz CT molecular complexity index is 2590. The highest BCUT2D eigenvalue weighted by atomic mass is 16.6. The lowest BCUT2D eigenvalue weighted by Gasteiger charge is -2.26. The third-order valence-electron chi connectivity index (χ3n) is 10.5. The number of aryl methyl sites for hydroxylation is 2. The molecule has 6 rings (SSSR count). The van der Waals surface area contributed by atoms with Gasteiger partial charge in [0.05, 0.1) is 37.0 Å². The van der Waals surface area contributed by atoms with Crippen LogP contribution in [-0.4, -0.2) is 50.3 Å². The van der Waals surface area contributed by atoms with Gasteiger partial charge in [0, 0.05) is 34.1 Å². The predicted octanol–water partition coefficient (Wildman–Crippen LogP) is 11.9. The lowest BCUT2D eigenvalue weighted by atomic mass is 9.95. The Morgan fingerprint density at radius 3 is 1.21 bits per heavy atom. The zero-order valence-corrected chi connectivity index (χ0v) is 38.4. The molecule has 0 aliphatic carbocycles. The molecule has 0 aromatic heterocycles. The zero-order chi connectivity index (χ0) is 47.2. The van der Waals surface area contributed by atoms with E-state index in [1.54, 1.807) is 27.7 Å². The molecule has 0 aliphatic heterocycles. The lowest BCUT2D eigenvalue weighted by molar-refractivity contribution is -0.161. The molecule has 0 aliphatic rings. The van der Waals surface area contributed by atoms with Gasteiger partial charge < -0.3 is 33.5 Å². The number of benzene rings is 6. The maximum Gasteiger partial charge on any atom is 0.336 e. The number of rotatable bonds is 20. The number of nitrogens with zero attached hydrogens (tertiary/aromatic N) is 2. The van der Waals surface area contributed by atoms with Crippen LogP contribution in [0.5, 0.6) is 11.5 Å². The smallest absolute Gasteiger partial charge is 0.336 e. The van der Waals surface area contributed by atoms with Crippen molar-refractivity contribution in [3.63, 3.8) is 0 Å². The SMILES string of the molecule is C=C(COC(=O)Cc1ccc(N(c2ccc(C)cc2)c2ccc(Oc3ccc(N(c4ccc(C)cc4)c4ccc(CC(=O)OCC(C)(C)C(=O)OCC)cc4)cc3)cc2)cc1)C(=O)OCC. The van der Waals surface area contributed by atoms with Gasteiger partial charge in [-0.05, 0) is 150 Å². The van der Waals surface area contributed by atoms with Gasteiger partial charge in [0.25, 0.3) is 0 Å². The van der Waals surface area contributed by atoms with E-state index >= 15 is 0 Å². The number of carbonyl (C=O) groups excluding carboxylic acids is 4. The van der Waals surface area contributed by atoms with E-state index in [1.165, 1.54) is 0 Å². The molecule has 0 radical (unpaired) electrons. The van der Waals surface area contributed by atoms with Gasteiger partial charge in [-0.25, -0.2) is 4.79 Å². The molecule has 0 spiro atoms. The first kappa shape index (κ1) is 47.8. The van der Waals surface area contributed by atoms with E-state index in [1.807, 2.05) is 111 Å². The Labute approximate surface area is 387 Å². The van der Waals surface area contributed by atoms with Gasteiger partial charge in [0.2, 0.25) is 0 Å². The van der Waals surface area contributed by atoms with Gasteiger partial charge in [-0.1, -0.05) is 66.2 Å². The van der Waals surface area contributed by atoms with E-state index in [-0.39, 0.29) is 44.8 Å². The maximum absolute atomic E-state index is 12.7. The van der Waals surface area contributed by atoms with Gasteiger partial charge in [-0.15, -0.1) is 0 Å². The average molecular weight is 889 g/mol. The topological polar surface area (TPSA) is 121 Å². The average Bonchev–Trinajstić information content (AvgIpc) is 3.31. The number of esters is 4. The van der Waals surface area contributed by atoms with E-state index in [0.717, 1.165) is 56.4 Å². The number of anilines is 6. The first-order chi connectivity index (χ1) is 31.7. The van der Waals surface area contributed by atoms with Crippen molar-refractivity contribution in [2.24, 2.45) is 5.41 Å². The Morgan fingerprint density at radius 1 is 0.485 bits per heavy atom. The summed E-state index contributed by atoms with van der Waals surface area (Å²) in [5.41, 5.74) is 8.47. The Hall–Kier alpha value is -7.66. The molecule has 0 saturated heterocycles. The van der Waals surface area contributed by atoms with Crippen LogP contribution in [0, 0.1) is 19.3 Å². The maximum atomic E-state index is 12.7. The van der Waals surface area contributed by atoms with E-state index in [4.69, 9.17) is 23.7 Å². The molecule has 0 N–H and O–H groups in total. The standard InChI is InChI=1S/C55H56N2O9/c1-8-62-53(60)40(5)36-64-51(58)34-41-14-22-45(23-15-41)56(43-18-10-38(3)11-19-43)47-26-30-49(31-27-47)66-50-32-28-48(29-33-50)57(44-20-12-39(4)13-21-44)46-24-16-42(17-25-46)35-52(59)65-37-55(6,7)54(61)63-9-2/h10-33H,5,8-9,34-37H2,1-4,6-7H3. The zero-order valence-electron chi connectivity index (χ0n) is 38.4. The third kappa shape index (κ3) is 13.0. The first-order valence-electron chi connectivity index (χ1n) is 21.9. The molecule has 0 bridgehead atoms. The molecule has 6 aromatic rings. The van der Waals surface area contributed by atoms with Crippen LogP contribution in [0.2, 0.25) is 0 Å².